The summed E-state index contributed by atoms with van der Waals surface area (Å²) in [6.45, 7) is 6.95. The van der Waals surface area contributed by atoms with E-state index in [1.54, 1.807) is 7.11 Å². The van der Waals surface area contributed by atoms with Crippen LogP contribution < -0.4 is 5.32 Å². The lowest BCUT2D eigenvalue weighted by Gasteiger charge is -2.26. The molecule has 0 amide bonds. The maximum absolute atomic E-state index is 10.00. The van der Waals surface area contributed by atoms with Gasteiger partial charge in [-0.15, -0.1) is 0 Å². The first-order valence-corrected chi connectivity index (χ1v) is 7.41. The third-order valence-corrected chi connectivity index (χ3v) is 4.05. The third kappa shape index (κ3) is 6.72. The molecule has 0 aromatic rings. The molecule has 1 atom stereocenters. The molecule has 1 rings (SSSR count). The lowest BCUT2D eigenvalue weighted by molar-refractivity contribution is 0.127. The van der Waals surface area contributed by atoms with E-state index in [1.165, 1.54) is 25.7 Å². The van der Waals surface area contributed by atoms with E-state index in [9.17, 15) is 5.11 Å². The molecule has 1 unspecified atom stereocenters. The molecule has 0 radical (unpaired) electrons. The summed E-state index contributed by atoms with van der Waals surface area (Å²) in [5.74, 6) is 0.767. The highest BCUT2D eigenvalue weighted by molar-refractivity contribution is 4.75. The topological polar surface area (TPSA) is 41.5 Å². The van der Waals surface area contributed by atoms with Crippen LogP contribution in [0.1, 0.15) is 52.4 Å². The fraction of sp³-hybridized carbons (Fsp3) is 1.00. The van der Waals surface area contributed by atoms with Crippen LogP contribution in [0.4, 0.5) is 0 Å². The predicted molar refractivity (Wildman–Crippen MR) is 75.7 cm³/mol. The van der Waals surface area contributed by atoms with Gasteiger partial charge in [0.25, 0.3) is 0 Å². The minimum absolute atomic E-state index is 0.175. The molecular weight excluding hydrogens is 226 g/mol. The number of ether oxygens (including phenoxy) is 1. The second kappa shape index (κ2) is 8.13. The van der Waals surface area contributed by atoms with Crippen molar-refractivity contribution in [1.82, 2.24) is 5.32 Å². The Balaban J connectivity index is 2.08. The smallest absolute Gasteiger partial charge is 0.0667 e. The van der Waals surface area contributed by atoms with E-state index in [4.69, 9.17) is 4.74 Å². The van der Waals surface area contributed by atoms with E-state index < -0.39 is 0 Å². The summed E-state index contributed by atoms with van der Waals surface area (Å²) in [5.41, 5.74) is 0.239. The Kier molecular flexibility index (Phi) is 7.20. The largest absolute Gasteiger partial charge is 0.392 e. The molecule has 1 aliphatic carbocycles. The van der Waals surface area contributed by atoms with Gasteiger partial charge in [-0.05, 0) is 24.2 Å². The zero-order chi connectivity index (χ0) is 13.4. The van der Waals surface area contributed by atoms with E-state index >= 15 is 0 Å². The Labute approximate surface area is 112 Å². The fourth-order valence-corrected chi connectivity index (χ4v) is 2.76. The van der Waals surface area contributed by atoms with Crippen molar-refractivity contribution in [2.24, 2.45) is 11.3 Å². The molecule has 0 aliphatic heterocycles. The van der Waals surface area contributed by atoms with Crippen molar-refractivity contribution in [3.63, 3.8) is 0 Å². The SMILES string of the molecule is COCCC(C)(C)CNCC(O)CC1CCCC1. The lowest BCUT2D eigenvalue weighted by atomic mass is 9.89. The molecule has 3 nitrogen and oxygen atoms in total. The molecule has 1 aliphatic rings. The molecule has 0 saturated heterocycles. The average molecular weight is 257 g/mol. The van der Waals surface area contributed by atoms with Gasteiger partial charge in [-0.3, -0.25) is 0 Å². The standard InChI is InChI=1S/C15H31NO2/c1-15(2,8-9-18-3)12-16-11-14(17)10-13-6-4-5-7-13/h13-14,16-17H,4-12H2,1-3H3. The van der Waals surface area contributed by atoms with Gasteiger partial charge in [-0.25, -0.2) is 0 Å². The average Bonchev–Trinajstić information content (AvgIpc) is 2.79. The molecular formula is C15H31NO2. The Morgan fingerprint density at radius 2 is 2.00 bits per heavy atom. The van der Waals surface area contributed by atoms with Crippen molar-refractivity contribution >= 4 is 0 Å². The second-order valence-corrected chi connectivity index (χ2v) is 6.58. The summed E-state index contributed by atoms with van der Waals surface area (Å²) in [5, 5.41) is 13.4. The van der Waals surface area contributed by atoms with E-state index in [1.807, 2.05) is 0 Å². The Morgan fingerprint density at radius 1 is 1.33 bits per heavy atom. The third-order valence-electron chi connectivity index (χ3n) is 4.05. The summed E-state index contributed by atoms with van der Waals surface area (Å²) >= 11 is 0. The molecule has 1 saturated carbocycles. The van der Waals surface area contributed by atoms with Gasteiger partial charge in [0.2, 0.25) is 0 Å². The Bertz CT molecular complexity index is 213. The van der Waals surface area contributed by atoms with Gasteiger partial charge in [0.15, 0.2) is 0 Å². The normalized spacial score (nSPS) is 19.3. The zero-order valence-corrected chi connectivity index (χ0v) is 12.4. The number of rotatable bonds is 9. The van der Waals surface area contributed by atoms with E-state index in [-0.39, 0.29) is 11.5 Å². The highest BCUT2D eigenvalue weighted by Crippen LogP contribution is 2.28. The number of hydrogen-bond donors (Lipinski definition) is 2. The van der Waals surface area contributed by atoms with Crippen LogP contribution in [-0.4, -0.2) is 38.0 Å². The summed E-state index contributed by atoms with van der Waals surface area (Å²) < 4.78 is 5.12. The van der Waals surface area contributed by atoms with Crippen LogP contribution in [0.25, 0.3) is 0 Å². The first-order chi connectivity index (χ1) is 8.53. The number of nitrogens with one attached hydrogen (secondary N) is 1. The van der Waals surface area contributed by atoms with E-state index in [2.05, 4.69) is 19.2 Å². The van der Waals surface area contributed by atoms with Crippen LogP contribution in [0.5, 0.6) is 0 Å². The molecule has 1 fully saturated rings. The summed E-state index contributed by atoms with van der Waals surface area (Å²) in [6.07, 6.45) is 7.20. The van der Waals surface area contributed by atoms with Gasteiger partial charge in [-0.2, -0.15) is 0 Å². The second-order valence-electron chi connectivity index (χ2n) is 6.58. The van der Waals surface area contributed by atoms with Crippen LogP contribution in [0.15, 0.2) is 0 Å². The molecule has 108 valence electrons. The van der Waals surface area contributed by atoms with Crippen molar-refractivity contribution in [3.05, 3.63) is 0 Å². The Morgan fingerprint density at radius 3 is 2.61 bits per heavy atom. The fourth-order valence-electron chi connectivity index (χ4n) is 2.76. The summed E-state index contributed by atoms with van der Waals surface area (Å²) in [4.78, 5) is 0. The minimum atomic E-state index is -0.175. The number of hydrogen-bond acceptors (Lipinski definition) is 3. The maximum atomic E-state index is 10.00. The molecule has 18 heavy (non-hydrogen) atoms. The van der Waals surface area contributed by atoms with Crippen LogP contribution in [0.3, 0.4) is 0 Å². The number of methoxy groups -OCH3 is 1. The lowest BCUT2D eigenvalue weighted by Crippen LogP contribution is -2.35. The first kappa shape index (κ1) is 15.9. The minimum Gasteiger partial charge on any atom is -0.392 e. The first-order valence-electron chi connectivity index (χ1n) is 7.41. The van der Waals surface area contributed by atoms with Gasteiger partial charge in [0.1, 0.15) is 0 Å². The molecule has 0 aromatic carbocycles. The molecule has 0 aromatic heterocycles. The monoisotopic (exact) mass is 257 g/mol. The highest BCUT2D eigenvalue weighted by Gasteiger charge is 2.20. The summed E-state index contributed by atoms with van der Waals surface area (Å²) in [7, 11) is 1.74. The Hall–Kier alpha value is -0.120. The summed E-state index contributed by atoms with van der Waals surface area (Å²) in [6, 6.07) is 0. The number of aliphatic hydroxyl groups excluding tert-OH is 1. The molecule has 3 heteroatoms. The van der Waals surface area contributed by atoms with Gasteiger partial charge in [0, 0.05) is 26.8 Å². The van der Waals surface area contributed by atoms with Crippen LogP contribution >= 0.6 is 0 Å². The van der Waals surface area contributed by atoms with Crippen LogP contribution in [0, 0.1) is 11.3 Å². The van der Waals surface area contributed by atoms with E-state index in [0.29, 0.717) is 0 Å². The van der Waals surface area contributed by atoms with Gasteiger partial charge in [0.05, 0.1) is 6.10 Å². The van der Waals surface area contributed by atoms with Gasteiger partial charge >= 0.3 is 0 Å². The predicted octanol–water partition coefficient (Wildman–Crippen LogP) is 2.58. The maximum Gasteiger partial charge on any atom is 0.0667 e. The van der Waals surface area contributed by atoms with Gasteiger partial charge < -0.3 is 15.2 Å². The van der Waals surface area contributed by atoms with Gasteiger partial charge in [-0.1, -0.05) is 39.5 Å². The van der Waals surface area contributed by atoms with Crippen molar-refractivity contribution < 1.29 is 9.84 Å². The molecule has 0 spiro atoms. The number of aliphatic hydroxyl groups is 1. The van der Waals surface area contributed by atoms with Crippen molar-refractivity contribution in [2.75, 3.05) is 26.8 Å². The van der Waals surface area contributed by atoms with E-state index in [0.717, 1.165) is 38.5 Å². The van der Waals surface area contributed by atoms with Crippen LogP contribution in [0.2, 0.25) is 0 Å². The van der Waals surface area contributed by atoms with Crippen LogP contribution in [-0.2, 0) is 4.74 Å². The quantitative estimate of drug-likeness (QED) is 0.667. The molecule has 0 bridgehead atoms. The van der Waals surface area contributed by atoms with Crippen molar-refractivity contribution in [2.45, 2.75) is 58.5 Å². The zero-order valence-electron chi connectivity index (χ0n) is 12.4. The highest BCUT2D eigenvalue weighted by atomic mass is 16.5. The van der Waals surface area contributed by atoms with Crippen molar-refractivity contribution in [1.29, 1.82) is 0 Å². The van der Waals surface area contributed by atoms with Crippen molar-refractivity contribution in [3.8, 4) is 0 Å². The molecule has 0 heterocycles. The molecule has 2 N–H and O–H groups in total.